The van der Waals surface area contributed by atoms with Gasteiger partial charge < -0.3 is 120 Å². The number of likely N-dealkylation sites (N-methyl/N-ethyl adjacent to an activating group) is 4. The standard InChI is InChI=1S/C89H127N23O18S/c1-11-13-31-69-83(125)102-61(30-22-34-94-89(91)92)79(121)106-68(78(120)98-44-72(90)115)47-131-48-74(117)101-64(37-53-24-16-15-17-25-53)85(127)109(8)51(5)76(118)107-75(52(6)114)88(130)112-35-23-33-70(112)82(124)97-42-58(66-43-93-49-99-66)77(119)103-63(36-50(3)4)84(126)108(7)45-73(116)100-62(38-54-40-95-59-28-20-18-26-56(54)59)80(122)105-67(46-113)81(123)104-65(39-55-41-96-60-29-21-19-27-57(55)60)86(128)111(10)71(32-14-12-2)87(129)110(69)9/h15-21,24-29,40-41,43,49-52,58,61-65,67-71,75,95-96,113-114H,11-14,22-23,30-39,42,44-48H2,1-10H3,(H2,90,115)(H,93,99)(H,97,124)(H,98,120)(H,100,116)(H,101,117)(H,102,125)(H,103,119)(H,104,123)(H,105,122)(H,106,121)(H,107,118)(H4,91,92,94)/t51-,52+,58?,61-,62-,63-,64-,65-,67-,68-,69-,70-,71-,75-/m0/s1. The quantitative estimate of drug-likeness (QED) is 0.0187. The predicted molar refractivity (Wildman–Crippen MR) is 488 cm³/mol. The second-order valence-corrected chi connectivity index (χ2v) is 34.6. The Kier molecular flexibility index (Phi) is 39.7. The van der Waals surface area contributed by atoms with Gasteiger partial charge in [0.1, 0.15) is 72.5 Å². The second-order valence-electron chi connectivity index (χ2n) is 33.6. The molecule has 0 radical (unpaired) electrons. The summed E-state index contributed by atoms with van der Waals surface area (Å²) in [6.07, 6.45) is 5.69. The van der Waals surface area contributed by atoms with Crippen molar-refractivity contribution in [3.05, 3.63) is 126 Å². The fourth-order valence-corrected chi connectivity index (χ4v) is 16.6. The minimum Gasteiger partial charge on any atom is -0.394 e. The highest BCUT2D eigenvalue weighted by atomic mass is 32.2. The number of imidazole rings is 1. The topological polar surface area (TPSA) is 598 Å². The number of aliphatic hydroxyl groups excluding tert-OH is 2. The number of hydrogen-bond acceptors (Lipinski definition) is 21. The van der Waals surface area contributed by atoms with E-state index in [4.69, 9.17) is 16.9 Å². The number of guanidine groups is 1. The number of nitrogens with two attached hydrogens (primary N) is 2. The van der Waals surface area contributed by atoms with Gasteiger partial charge in [0.15, 0.2) is 5.96 Å². The van der Waals surface area contributed by atoms with Crippen LogP contribution in [0.1, 0.15) is 140 Å². The number of carbonyl (C=O) groups is 16. The number of unbranched alkanes of at least 4 members (excludes halogenated alkanes) is 2. The fraction of sp³-hybridized carbons (Fsp3) is 0.528. The third-order valence-electron chi connectivity index (χ3n) is 23.2. The molecule has 0 saturated carbocycles. The molecule has 3 aromatic heterocycles. The Hall–Kier alpha value is -13.0. The summed E-state index contributed by atoms with van der Waals surface area (Å²) in [6, 6.07) is 4.93. The lowest BCUT2D eigenvalue weighted by molar-refractivity contribution is -0.149. The van der Waals surface area contributed by atoms with Crippen molar-refractivity contribution < 1.29 is 86.9 Å². The van der Waals surface area contributed by atoms with Gasteiger partial charge in [-0.1, -0.05) is 120 Å². The van der Waals surface area contributed by atoms with Crippen LogP contribution in [0.2, 0.25) is 0 Å². The molecule has 5 heterocycles. The van der Waals surface area contributed by atoms with Crippen molar-refractivity contribution in [2.24, 2.45) is 17.4 Å². The molecule has 0 aliphatic carbocycles. The molecule has 14 atom stereocenters. The minimum atomic E-state index is -1.84. The summed E-state index contributed by atoms with van der Waals surface area (Å²) in [5.41, 5.74) is 14.2. The van der Waals surface area contributed by atoms with E-state index in [1.165, 1.54) is 64.4 Å². The Labute approximate surface area is 764 Å². The maximum Gasteiger partial charge on any atom is 0.248 e. The molecule has 2 fully saturated rings. The molecule has 2 aliphatic heterocycles. The molecule has 0 spiro atoms. The molecule has 42 heteroatoms. The molecular weight excluding hydrogens is 1710 g/mol. The maximum atomic E-state index is 15.7. The van der Waals surface area contributed by atoms with Crippen molar-refractivity contribution in [1.29, 1.82) is 5.41 Å². The number of para-hydroxylation sites is 2. The monoisotopic (exact) mass is 1840 g/mol. The third kappa shape index (κ3) is 29.5. The number of nitrogens with one attached hydrogen (secondary N) is 15. The minimum absolute atomic E-state index is 0.00223. The van der Waals surface area contributed by atoms with Crippen molar-refractivity contribution >= 4 is 134 Å². The van der Waals surface area contributed by atoms with Gasteiger partial charge in [0.2, 0.25) is 94.5 Å². The summed E-state index contributed by atoms with van der Waals surface area (Å²) in [5.74, 6) is -16.7. The first-order valence-electron chi connectivity index (χ1n) is 44.1. The lowest BCUT2D eigenvalue weighted by Crippen LogP contribution is -2.61. The van der Waals surface area contributed by atoms with Gasteiger partial charge in [-0.15, -0.1) is 11.8 Å². The molecule has 8 rings (SSSR count). The van der Waals surface area contributed by atoms with Crippen molar-refractivity contribution in [3.63, 3.8) is 0 Å². The van der Waals surface area contributed by atoms with Gasteiger partial charge in [0.25, 0.3) is 0 Å². The van der Waals surface area contributed by atoms with E-state index in [2.05, 4.69) is 78.4 Å². The van der Waals surface area contributed by atoms with Gasteiger partial charge in [0.05, 0.1) is 43.8 Å². The van der Waals surface area contributed by atoms with E-state index in [-0.39, 0.29) is 88.9 Å². The number of thioether (sulfide) groups is 1. The van der Waals surface area contributed by atoms with Crippen LogP contribution in [-0.4, -0.2) is 313 Å². The SMILES string of the molecule is CCCC[C@H]1C(=O)N(C)[C@@H](CCCC)C(=O)N[C@@H](CCCNC(=N)N)C(=O)N[C@H](C(=O)NCC(N)=O)CSCC(=O)N[C@@H](Cc2ccccc2)C(=O)N(C)[C@@H](C)C(=O)N[C@@H]([C@@H](C)O)C(=O)N2CCC[C@H]2C(=O)NCC(c2cnc[nH]2)C(=O)N[C@@H](CC(C)C)C(=O)N(C)CC(=O)N[C@@H](Cc2c[nH]c3ccccc23)C(=O)N[C@@H](CO)C(=O)N[C@@H](Cc2c[nH]c3ccccc23)C(=O)N1C. The van der Waals surface area contributed by atoms with Crippen LogP contribution in [0.15, 0.2) is 104 Å². The molecule has 1 unspecified atom stereocenters. The number of benzene rings is 3. The van der Waals surface area contributed by atoms with E-state index >= 15 is 24.0 Å². The Morgan fingerprint density at radius 2 is 1.15 bits per heavy atom. The van der Waals surface area contributed by atoms with Gasteiger partial charge in [0, 0.05) is 119 Å². The molecule has 6 aromatic rings. The molecule has 712 valence electrons. The number of aromatic amines is 3. The number of aromatic nitrogens is 4. The van der Waals surface area contributed by atoms with Crippen LogP contribution >= 0.6 is 11.8 Å². The predicted octanol–water partition coefficient (Wildman–Crippen LogP) is -1.46. The van der Waals surface area contributed by atoms with Crippen LogP contribution in [-0.2, 0) is 96.0 Å². The van der Waals surface area contributed by atoms with Crippen molar-refractivity contribution in [2.45, 2.75) is 216 Å². The number of carbonyl (C=O) groups excluding carboxylic acids is 16. The molecule has 2 saturated heterocycles. The molecule has 41 nitrogen and oxygen atoms in total. The number of rotatable bonds is 24. The van der Waals surface area contributed by atoms with Crippen LogP contribution < -0.4 is 70.0 Å². The van der Waals surface area contributed by atoms with E-state index in [0.29, 0.717) is 64.2 Å². The number of hydrogen-bond donors (Lipinski definition) is 19. The van der Waals surface area contributed by atoms with E-state index < -0.39 is 223 Å². The van der Waals surface area contributed by atoms with Gasteiger partial charge in [-0.25, -0.2) is 4.98 Å². The molecule has 16 amide bonds. The van der Waals surface area contributed by atoms with Crippen molar-refractivity contribution in [2.75, 3.05) is 79.0 Å². The van der Waals surface area contributed by atoms with E-state index in [1.807, 2.05) is 13.8 Å². The molecule has 21 N–H and O–H groups in total. The Balaban J connectivity index is 1.16. The maximum absolute atomic E-state index is 15.7. The number of primary amides is 1. The largest absolute Gasteiger partial charge is 0.394 e. The average molecular weight is 1840 g/mol. The van der Waals surface area contributed by atoms with E-state index in [0.717, 1.165) is 26.5 Å². The van der Waals surface area contributed by atoms with Gasteiger partial charge in [-0.3, -0.25) is 82.1 Å². The summed E-state index contributed by atoms with van der Waals surface area (Å²) < 4.78 is 0. The normalized spacial score (nSPS) is 24.0. The van der Waals surface area contributed by atoms with Crippen LogP contribution in [0, 0.1) is 11.3 Å². The van der Waals surface area contributed by atoms with E-state index in [1.54, 1.807) is 105 Å². The first-order valence-corrected chi connectivity index (χ1v) is 45.3. The summed E-state index contributed by atoms with van der Waals surface area (Å²) >= 11 is 0.809. The van der Waals surface area contributed by atoms with Crippen LogP contribution in [0.3, 0.4) is 0 Å². The molecular formula is C89H127N23O18S. The Morgan fingerprint density at radius 1 is 0.580 bits per heavy atom. The zero-order valence-corrected chi connectivity index (χ0v) is 76.5. The number of fused-ring (bicyclic) bond motifs is 3. The lowest BCUT2D eigenvalue weighted by atomic mass is 9.99. The van der Waals surface area contributed by atoms with Gasteiger partial charge in [-0.2, -0.15) is 0 Å². The molecule has 0 bridgehead atoms. The Morgan fingerprint density at radius 3 is 1.75 bits per heavy atom. The zero-order valence-electron chi connectivity index (χ0n) is 75.7. The van der Waals surface area contributed by atoms with Gasteiger partial charge >= 0.3 is 0 Å². The van der Waals surface area contributed by atoms with Gasteiger partial charge in [-0.05, 0) is 93.5 Å². The van der Waals surface area contributed by atoms with Crippen molar-refractivity contribution in [3.8, 4) is 0 Å². The Bertz CT molecular complexity index is 4970. The highest BCUT2D eigenvalue weighted by Crippen LogP contribution is 2.27. The summed E-state index contributed by atoms with van der Waals surface area (Å²) in [4.78, 5) is 253. The smallest absolute Gasteiger partial charge is 0.248 e. The first kappa shape index (κ1) is 103. The summed E-state index contributed by atoms with van der Waals surface area (Å²) in [7, 11) is 5.31. The average Bonchev–Trinajstić information content (AvgIpc) is 1.64. The highest BCUT2D eigenvalue weighted by Gasteiger charge is 2.44. The molecule has 2 aliphatic rings. The van der Waals surface area contributed by atoms with E-state index in [9.17, 15) is 63.0 Å². The third-order valence-corrected chi connectivity index (χ3v) is 24.3. The summed E-state index contributed by atoms with van der Waals surface area (Å²) in [6.45, 7) is 6.96. The number of amides is 16. The van der Waals surface area contributed by atoms with Crippen LogP contribution in [0.25, 0.3) is 21.8 Å². The number of H-pyrrole nitrogens is 3. The fourth-order valence-electron chi connectivity index (χ4n) is 15.8. The van der Waals surface area contributed by atoms with Crippen LogP contribution in [0.4, 0.5) is 0 Å². The zero-order chi connectivity index (χ0) is 95.9. The number of aliphatic hydroxyl groups is 2. The highest BCUT2D eigenvalue weighted by molar-refractivity contribution is 8.00. The summed E-state index contributed by atoms with van der Waals surface area (Å²) in [5, 5.41) is 60.8. The molecule has 3 aromatic carbocycles. The van der Waals surface area contributed by atoms with Crippen molar-refractivity contribution in [1.82, 2.24) is 103 Å². The lowest BCUT2D eigenvalue weighted by Gasteiger charge is -2.36. The first-order chi connectivity index (χ1) is 62.4. The second kappa shape index (κ2) is 50.3. The number of nitrogens with zero attached hydrogens (tertiary/aromatic N) is 6. The molecule has 131 heavy (non-hydrogen) atoms. The van der Waals surface area contributed by atoms with Crippen LogP contribution in [0.5, 0.6) is 0 Å².